The summed E-state index contributed by atoms with van der Waals surface area (Å²) in [7, 11) is 0. The van der Waals surface area contributed by atoms with Crippen molar-refractivity contribution >= 4 is 15.9 Å². The van der Waals surface area contributed by atoms with Crippen molar-refractivity contribution in [2.45, 2.75) is 6.92 Å². The average Bonchev–Trinajstić information content (AvgIpc) is 2.46. The summed E-state index contributed by atoms with van der Waals surface area (Å²) < 4.78 is 17.8. The summed E-state index contributed by atoms with van der Waals surface area (Å²) in [5.74, 6) is 2.32. The molecule has 4 heteroatoms. The van der Waals surface area contributed by atoms with Crippen molar-refractivity contribution < 1.29 is 14.2 Å². The molecule has 0 saturated carbocycles. The fourth-order valence-electron chi connectivity index (χ4n) is 1.71. The molecule has 0 amide bonds. The van der Waals surface area contributed by atoms with Crippen LogP contribution < -0.4 is 14.2 Å². The Morgan fingerprint density at radius 2 is 1.55 bits per heavy atom. The lowest BCUT2D eigenvalue weighted by molar-refractivity contribution is 0.208. The first-order valence-electron chi connectivity index (χ1n) is 6.52. The number of benzene rings is 2. The van der Waals surface area contributed by atoms with Gasteiger partial charge in [0.05, 0.1) is 6.61 Å². The molecule has 0 heterocycles. The molecule has 0 bridgehead atoms. The molecule has 0 unspecified atom stereocenters. The van der Waals surface area contributed by atoms with E-state index in [1.54, 1.807) is 0 Å². The van der Waals surface area contributed by atoms with E-state index in [2.05, 4.69) is 15.9 Å². The van der Waals surface area contributed by atoms with Gasteiger partial charge in [0.1, 0.15) is 19.0 Å². The van der Waals surface area contributed by atoms with E-state index in [9.17, 15) is 0 Å². The van der Waals surface area contributed by atoms with E-state index < -0.39 is 0 Å². The summed E-state index contributed by atoms with van der Waals surface area (Å²) in [5.41, 5.74) is 0. The fraction of sp³-hybridized carbons (Fsp3) is 0.250. The molecule has 2 aromatic rings. The second-order valence-electron chi connectivity index (χ2n) is 4.03. The van der Waals surface area contributed by atoms with Gasteiger partial charge in [0.15, 0.2) is 11.5 Å². The third-order valence-corrected chi connectivity index (χ3v) is 3.05. The third kappa shape index (κ3) is 4.46. The molecule has 0 spiro atoms. The van der Waals surface area contributed by atoms with Gasteiger partial charge in [0.2, 0.25) is 0 Å². The molecule has 0 aliphatic heterocycles. The quantitative estimate of drug-likeness (QED) is 0.705. The Balaban J connectivity index is 1.81. The van der Waals surface area contributed by atoms with Crippen molar-refractivity contribution in [2.75, 3.05) is 19.8 Å². The van der Waals surface area contributed by atoms with E-state index in [4.69, 9.17) is 14.2 Å². The van der Waals surface area contributed by atoms with Gasteiger partial charge in [-0.2, -0.15) is 0 Å². The number of rotatable bonds is 7. The Hall–Kier alpha value is -1.68. The molecule has 0 aliphatic rings. The highest BCUT2D eigenvalue weighted by atomic mass is 79.9. The molecular weight excluding hydrogens is 320 g/mol. The van der Waals surface area contributed by atoms with Crippen LogP contribution in [0.3, 0.4) is 0 Å². The fourth-order valence-corrected chi connectivity index (χ4v) is 2.09. The summed E-state index contributed by atoms with van der Waals surface area (Å²) in [6, 6.07) is 15.4. The maximum absolute atomic E-state index is 5.68. The van der Waals surface area contributed by atoms with Crippen molar-refractivity contribution in [3.8, 4) is 17.2 Å². The van der Waals surface area contributed by atoms with Crippen molar-refractivity contribution in [2.24, 2.45) is 0 Å². The van der Waals surface area contributed by atoms with Gasteiger partial charge in [-0.1, -0.05) is 34.1 Å². The molecule has 0 radical (unpaired) electrons. The minimum atomic E-state index is 0.469. The Morgan fingerprint density at radius 3 is 2.25 bits per heavy atom. The molecule has 20 heavy (non-hydrogen) atoms. The Bertz CT molecular complexity index is 543. The van der Waals surface area contributed by atoms with E-state index in [1.165, 1.54) is 0 Å². The third-order valence-electron chi connectivity index (χ3n) is 2.55. The second-order valence-corrected chi connectivity index (χ2v) is 4.95. The summed E-state index contributed by atoms with van der Waals surface area (Å²) in [5, 5.41) is 0. The smallest absolute Gasteiger partial charge is 0.161 e. The van der Waals surface area contributed by atoms with Gasteiger partial charge in [-0.05, 0) is 37.3 Å². The van der Waals surface area contributed by atoms with Crippen LogP contribution in [0.4, 0.5) is 0 Å². The van der Waals surface area contributed by atoms with Crippen molar-refractivity contribution in [1.29, 1.82) is 0 Å². The molecule has 2 aromatic carbocycles. The maximum atomic E-state index is 5.68. The molecule has 0 atom stereocenters. The normalized spacial score (nSPS) is 10.1. The van der Waals surface area contributed by atoms with Crippen LogP contribution in [0.5, 0.6) is 17.2 Å². The van der Waals surface area contributed by atoms with Gasteiger partial charge in [0.25, 0.3) is 0 Å². The minimum absolute atomic E-state index is 0.469. The van der Waals surface area contributed by atoms with Crippen LogP contribution in [0.2, 0.25) is 0 Å². The van der Waals surface area contributed by atoms with E-state index in [0.717, 1.165) is 21.7 Å². The number of para-hydroxylation sites is 2. The van der Waals surface area contributed by atoms with Crippen molar-refractivity contribution in [3.05, 3.63) is 53.0 Å². The molecule has 106 valence electrons. The monoisotopic (exact) mass is 336 g/mol. The maximum Gasteiger partial charge on any atom is 0.161 e. The number of hydrogen-bond acceptors (Lipinski definition) is 3. The Labute approximate surface area is 127 Å². The van der Waals surface area contributed by atoms with Crippen LogP contribution in [0.15, 0.2) is 53.0 Å². The molecule has 2 rings (SSSR count). The highest BCUT2D eigenvalue weighted by Gasteiger charge is 2.03. The van der Waals surface area contributed by atoms with E-state index in [0.29, 0.717) is 19.8 Å². The van der Waals surface area contributed by atoms with Gasteiger partial charge >= 0.3 is 0 Å². The predicted octanol–water partition coefficient (Wildman–Crippen LogP) is 4.31. The van der Waals surface area contributed by atoms with Crippen LogP contribution in [0.1, 0.15) is 6.92 Å². The highest BCUT2D eigenvalue weighted by molar-refractivity contribution is 9.10. The second kappa shape index (κ2) is 7.80. The zero-order chi connectivity index (χ0) is 14.2. The topological polar surface area (TPSA) is 27.7 Å². The van der Waals surface area contributed by atoms with Gasteiger partial charge < -0.3 is 14.2 Å². The number of ether oxygens (including phenoxy) is 3. The minimum Gasteiger partial charge on any atom is -0.490 e. The van der Waals surface area contributed by atoms with Gasteiger partial charge in [-0.3, -0.25) is 0 Å². The van der Waals surface area contributed by atoms with E-state index in [-0.39, 0.29) is 0 Å². The summed E-state index contributed by atoms with van der Waals surface area (Å²) >= 11 is 3.41. The first kappa shape index (κ1) is 14.7. The van der Waals surface area contributed by atoms with E-state index >= 15 is 0 Å². The summed E-state index contributed by atoms with van der Waals surface area (Å²) in [6.45, 7) is 3.52. The Morgan fingerprint density at radius 1 is 0.850 bits per heavy atom. The summed E-state index contributed by atoms with van der Waals surface area (Å²) in [6.07, 6.45) is 0. The SMILES string of the molecule is CCOc1ccccc1OCCOc1cccc(Br)c1. The number of hydrogen-bond donors (Lipinski definition) is 0. The highest BCUT2D eigenvalue weighted by Crippen LogP contribution is 2.26. The van der Waals surface area contributed by atoms with Gasteiger partial charge in [0, 0.05) is 4.47 Å². The molecule has 0 aromatic heterocycles. The van der Waals surface area contributed by atoms with Crippen LogP contribution in [-0.4, -0.2) is 19.8 Å². The molecule has 3 nitrogen and oxygen atoms in total. The average molecular weight is 337 g/mol. The van der Waals surface area contributed by atoms with Crippen LogP contribution in [0.25, 0.3) is 0 Å². The van der Waals surface area contributed by atoms with Crippen LogP contribution >= 0.6 is 15.9 Å². The van der Waals surface area contributed by atoms with Crippen LogP contribution in [-0.2, 0) is 0 Å². The summed E-state index contributed by atoms with van der Waals surface area (Å²) in [4.78, 5) is 0. The zero-order valence-corrected chi connectivity index (χ0v) is 12.9. The first-order chi connectivity index (χ1) is 9.79. The number of halogens is 1. The van der Waals surface area contributed by atoms with E-state index in [1.807, 2.05) is 55.5 Å². The van der Waals surface area contributed by atoms with Gasteiger partial charge in [-0.15, -0.1) is 0 Å². The molecular formula is C16H17BrO3. The standard InChI is InChI=1S/C16H17BrO3/c1-2-18-15-8-3-4-9-16(15)20-11-10-19-14-7-5-6-13(17)12-14/h3-9,12H,2,10-11H2,1H3. The lowest BCUT2D eigenvalue weighted by atomic mass is 10.3. The van der Waals surface area contributed by atoms with Crippen molar-refractivity contribution in [1.82, 2.24) is 0 Å². The lowest BCUT2D eigenvalue weighted by Crippen LogP contribution is -2.09. The molecule has 0 fully saturated rings. The predicted molar refractivity (Wildman–Crippen MR) is 82.7 cm³/mol. The van der Waals surface area contributed by atoms with Gasteiger partial charge in [-0.25, -0.2) is 0 Å². The Kier molecular flexibility index (Phi) is 5.74. The first-order valence-corrected chi connectivity index (χ1v) is 7.32. The lowest BCUT2D eigenvalue weighted by Gasteiger charge is -2.12. The van der Waals surface area contributed by atoms with Crippen molar-refractivity contribution in [3.63, 3.8) is 0 Å². The van der Waals surface area contributed by atoms with Crippen LogP contribution in [0, 0.1) is 0 Å². The zero-order valence-electron chi connectivity index (χ0n) is 11.3. The molecule has 0 saturated heterocycles. The largest absolute Gasteiger partial charge is 0.490 e. The molecule has 0 aliphatic carbocycles. The molecule has 0 N–H and O–H groups in total.